The van der Waals surface area contributed by atoms with Gasteiger partial charge in [0.05, 0.1) is 35.7 Å². The van der Waals surface area contributed by atoms with Crippen LogP contribution in [0.4, 0.5) is 15.8 Å². The lowest BCUT2D eigenvalue weighted by atomic mass is 10.2. The summed E-state index contributed by atoms with van der Waals surface area (Å²) in [5.41, 5.74) is 7.92. The Kier molecular flexibility index (Phi) is 3.90. The maximum Gasteiger partial charge on any atom is 0.167 e. The number of rotatable bonds is 4. The van der Waals surface area contributed by atoms with Crippen LogP contribution in [0.2, 0.25) is 0 Å². The predicted molar refractivity (Wildman–Crippen MR) is 76.3 cm³/mol. The Balaban J connectivity index is 2.25. The zero-order valence-corrected chi connectivity index (χ0v) is 11.9. The van der Waals surface area contributed by atoms with Crippen molar-refractivity contribution < 1.29 is 9.13 Å². The molecule has 0 atom stereocenters. The fourth-order valence-corrected chi connectivity index (χ4v) is 2.46. The minimum atomic E-state index is -0.457. The van der Waals surface area contributed by atoms with Crippen molar-refractivity contribution in [3.05, 3.63) is 34.0 Å². The monoisotopic (exact) mass is 281 g/mol. The lowest BCUT2D eigenvalue weighted by Crippen LogP contribution is -2.18. The van der Waals surface area contributed by atoms with Crippen molar-refractivity contribution >= 4 is 22.7 Å². The topological polar surface area (TPSA) is 51.4 Å². The molecule has 19 heavy (non-hydrogen) atoms. The minimum Gasteiger partial charge on any atom is -0.494 e. The Morgan fingerprint density at radius 3 is 2.79 bits per heavy atom. The molecule has 0 aliphatic heterocycles. The summed E-state index contributed by atoms with van der Waals surface area (Å²) < 4.78 is 18.5. The van der Waals surface area contributed by atoms with Crippen molar-refractivity contribution in [2.24, 2.45) is 0 Å². The summed E-state index contributed by atoms with van der Waals surface area (Å²) in [6, 6.07) is 2.88. The molecule has 2 rings (SSSR count). The zero-order chi connectivity index (χ0) is 14.0. The molecule has 0 saturated carbocycles. The smallest absolute Gasteiger partial charge is 0.167 e. The molecule has 1 aromatic heterocycles. The van der Waals surface area contributed by atoms with Crippen LogP contribution in [0.25, 0.3) is 0 Å². The van der Waals surface area contributed by atoms with E-state index in [1.165, 1.54) is 13.2 Å². The summed E-state index contributed by atoms with van der Waals surface area (Å²) in [5.74, 6) is -0.271. The Bertz CT molecular complexity index is 585. The van der Waals surface area contributed by atoms with Gasteiger partial charge in [-0.25, -0.2) is 9.37 Å². The first-order chi connectivity index (χ1) is 9.01. The maximum absolute atomic E-state index is 13.5. The molecular weight excluding hydrogens is 265 g/mol. The number of halogens is 1. The first kappa shape index (κ1) is 13.6. The van der Waals surface area contributed by atoms with E-state index in [9.17, 15) is 4.39 Å². The van der Waals surface area contributed by atoms with Crippen LogP contribution in [-0.2, 0) is 6.54 Å². The molecule has 2 aromatic rings. The zero-order valence-electron chi connectivity index (χ0n) is 11.1. The minimum absolute atomic E-state index is 0.186. The van der Waals surface area contributed by atoms with Gasteiger partial charge in [0, 0.05) is 24.6 Å². The number of hydrogen-bond donors (Lipinski definition) is 1. The Morgan fingerprint density at radius 1 is 1.47 bits per heavy atom. The number of ether oxygens (including phenoxy) is 1. The molecule has 0 aliphatic carbocycles. The third-order valence-corrected chi connectivity index (χ3v) is 3.60. The Morgan fingerprint density at radius 2 is 2.21 bits per heavy atom. The van der Waals surface area contributed by atoms with Gasteiger partial charge >= 0.3 is 0 Å². The predicted octanol–water partition coefficient (Wildman–Crippen LogP) is 2.82. The second kappa shape index (κ2) is 5.44. The van der Waals surface area contributed by atoms with Gasteiger partial charge in [0.15, 0.2) is 11.6 Å². The van der Waals surface area contributed by atoms with Crippen molar-refractivity contribution in [3.8, 4) is 5.75 Å². The molecule has 1 aromatic carbocycles. The van der Waals surface area contributed by atoms with Crippen LogP contribution in [0.1, 0.15) is 10.7 Å². The Labute approximate surface area is 115 Å². The number of methoxy groups -OCH3 is 1. The molecule has 0 bridgehead atoms. The fraction of sp³-hybridized carbons (Fsp3) is 0.308. The van der Waals surface area contributed by atoms with E-state index in [2.05, 4.69) is 4.98 Å². The number of nitrogens with two attached hydrogens (primary N) is 1. The van der Waals surface area contributed by atoms with E-state index < -0.39 is 5.82 Å². The first-order valence-electron chi connectivity index (χ1n) is 5.76. The lowest BCUT2D eigenvalue weighted by molar-refractivity contribution is 0.387. The molecule has 6 heteroatoms. The number of thiazole rings is 1. The van der Waals surface area contributed by atoms with Gasteiger partial charge in [0.25, 0.3) is 0 Å². The highest BCUT2D eigenvalue weighted by Gasteiger charge is 2.13. The van der Waals surface area contributed by atoms with E-state index in [-0.39, 0.29) is 5.75 Å². The van der Waals surface area contributed by atoms with Gasteiger partial charge in [0.2, 0.25) is 0 Å². The number of aromatic nitrogens is 1. The Hall–Kier alpha value is -1.82. The number of nitrogen functional groups attached to an aromatic ring is 1. The normalized spacial score (nSPS) is 10.5. The lowest BCUT2D eigenvalue weighted by Gasteiger charge is -2.21. The van der Waals surface area contributed by atoms with Crippen LogP contribution in [0.3, 0.4) is 0 Å². The van der Waals surface area contributed by atoms with E-state index in [0.29, 0.717) is 12.2 Å². The van der Waals surface area contributed by atoms with E-state index in [0.717, 1.165) is 16.4 Å². The number of nitrogens with zero attached hydrogens (tertiary/aromatic N) is 2. The second-order valence-electron chi connectivity index (χ2n) is 4.26. The summed E-state index contributed by atoms with van der Waals surface area (Å²) in [6.07, 6.45) is 0. The second-order valence-corrected chi connectivity index (χ2v) is 5.32. The van der Waals surface area contributed by atoms with Crippen LogP contribution in [-0.4, -0.2) is 19.1 Å². The molecule has 0 fully saturated rings. The fourth-order valence-electron chi connectivity index (χ4n) is 1.85. The van der Waals surface area contributed by atoms with Crippen molar-refractivity contribution in [1.82, 2.24) is 4.98 Å². The van der Waals surface area contributed by atoms with Crippen molar-refractivity contribution in [3.63, 3.8) is 0 Å². The first-order valence-corrected chi connectivity index (χ1v) is 6.64. The summed E-state index contributed by atoms with van der Waals surface area (Å²) >= 11 is 1.60. The van der Waals surface area contributed by atoms with Gasteiger partial charge in [-0.15, -0.1) is 11.3 Å². The highest BCUT2D eigenvalue weighted by Crippen LogP contribution is 2.31. The molecule has 0 amide bonds. The number of anilines is 2. The third kappa shape index (κ3) is 2.96. The molecule has 0 saturated heterocycles. The molecule has 2 N–H and O–H groups in total. The van der Waals surface area contributed by atoms with Gasteiger partial charge in [-0.2, -0.15) is 0 Å². The van der Waals surface area contributed by atoms with Crippen LogP contribution >= 0.6 is 11.3 Å². The largest absolute Gasteiger partial charge is 0.494 e. The quantitative estimate of drug-likeness (QED) is 0.876. The van der Waals surface area contributed by atoms with Crippen molar-refractivity contribution in [2.75, 3.05) is 24.8 Å². The van der Waals surface area contributed by atoms with Crippen LogP contribution < -0.4 is 15.4 Å². The van der Waals surface area contributed by atoms with E-state index in [4.69, 9.17) is 10.5 Å². The van der Waals surface area contributed by atoms with Crippen LogP contribution in [0.15, 0.2) is 17.5 Å². The molecule has 4 nitrogen and oxygen atoms in total. The molecule has 0 unspecified atom stereocenters. The molecule has 0 spiro atoms. The van der Waals surface area contributed by atoms with Crippen molar-refractivity contribution in [1.29, 1.82) is 0 Å². The van der Waals surface area contributed by atoms with Gasteiger partial charge in [0.1, 0.15) is 0 Å². The van der Waals surface area contributed by atoms with E-state index >= 15 is 0 Å². The molecule has 102 valence electrons. The highest BCUT2D eigenvalue weighted by atomic mass is 32.1. The van der Waals surface area contributed by atoms with Gasteiger partial charge in [-0.05, 0) is 6.92 Å². The molecule has 0 radical (unpaired) electrons. The molecule has 1 heterocycles. The summed E-state index contributed by atoms with van der Waals surface area (Å²) in [4.78, 5) is 6.32. The van der Waals surface area contributed by atoms with Crippen LogP contribution in [0, 0.1) is 12.7 Å². The van der Waals surface area contributed by atoms with Gasteiger partial charge < -0.3 is 15.4 Å². The number of benzene rings is 1. The molecular formula is C13H16FN3OS. The van der Waals surface area contributed by atoms with E-state index in [1.807, 2.05) is 24.3 Å². The summed E-state index contributed by atoms with van der Waals surface area (Å²) in [6.45, 7) is 2.58. The molecule has 0 aliphatic rings. The van der Waals surface area contributed by atoms with Gasteiger partial charge in [-0.3, -0.25) is 0 Å². The number of hydrogen-bond acceptors (Lipinski definition) is 5. The van der Waals surface area contributed by atoms with E-state index in [1.54, 1.807) is 17.4 Å². The third-order valence-electron chi connectivity index (χ3n) is 2.78. The SMILES string of the molecule is COc1cc(N(C)Cc2csc(C)n2)c(N)cc1F. The number of aryl methyl sites for hydroxylation is 1. The summed E-state index contributed by atoms with van der Waals surface area (Å²) in [5, 5.41) is 3.02. The maximum atomic E-state index is 13.5. The summed E-state index contributed by atoms with van der Waals surface area (Å²) in [7, 11) is 3.32. The average molecular weight is 281 g/mol. The van der Waals surface area contributed by atoms with Gasteiger partial charge in [-0.1, -0.05) is 0 Å². The van der Waals surface area contributed by atoms with Crippen LogP contribution in [0.5, 0.6) is 5.75 Å². The standard InChI is InChI=1S/C13H16FN3OS/c1-8-16-9(7-19-8)6-17(2)12-5-13(18-3)10(14)4-11(12)15/h4-5,7H,6,15H2,1-3H3. The highest BCUT2D eigenvalue weighted by molar-refractivity contribution is 7.09. The van der Waals surface area contributed by atoms with Crippen molar-refractivity contribution in [2.45, 2.75) is 13.5 Å². The average Bonchev–Trinajstić information content (AvgIpc) is 2.74.